The quantitative estimate of drug-likeness (QED) is 0.767. The highest BCUT2D eigenvalue weighted by atomic mass is 16.2. The number of carbonyl (C=O) groups excluding carboxylic acids is 1. The maximum absolute atomic E-state index is 11.9. The molecule has 0 aromatic heterocycles. The minimum atomic E-state index is 0.00144. The number of nitrogens with two attached hydrogens (primary N) is 1. The van der Waals surface area contributed by atoms with Crippen molar-refractivity contribution < 1.29 is 4.79 Å². The molecule has 1 aromatic carbocycles. The molecular weight excluding hydrogens is 188 g/mol. The molecule has 15 heavy (non-hydrogen) atoms. The molecule has 3 heteroatoms. The van der Waals surface area contributed by atoms with Crippen molar-refractivity contribution >= 4 is 11.6 Å². The second-order valence-corrected chi connectivity index (χ2v) is 3.67. The lowest BCUT2D eigenvalue weighted by atomic mass is 10.1. The molecule has 0 bridgehead atoms. The van der Waals surface area contributed by atoms with E-state index in [2.05, 4.69) is 6.92 Å². The SMILES string of the molecule is CCCCN(C)C(=O)c1ccccc1N. The summed E-state index contributed by atoms with van der Waals surface area (Å²) < 4.78 is 0. The first-order chi connectivity index (χ1) is 7.16. The number of rotatable bonds is 4. The molecule has 1 rings (SSSR count). The van der Waals surface area contributed by atoms with Crippen LogP contribution in [0.15, 0.2) is 24.3 Å². The molecule has 0 unspecified atom stereocenters. The minimum absolute atomic E-state index is 0.00144. The van der Waals surface area contributed by atoms with Gasteiger partial charge in [0.05, 0.1) is 5.56 Å². The number of carbonyl (C=O) groups is 1. The molecule has 0 atom stereocenters. The molecule has 82 valence electrons. The standard InChI is InChI=1S/C12H18N2O/c1-3-4-9-14(2)12(15)10-7-5-6-8-11(10)13/h5-8H,3-4,9,13H2,1-2H3. The molecular formula is C12H18N2O. The zero-order valence-electron chi connectivity index (χ0n) is 9.36. The number of nitrogens with zero attached hydrogens (tertiary/aromatic N) is 1. The summed E-state index contributed by atoms with van der Waals surface area (Å²) in [6.45, 7) is 2.89. The fraction of sp³-hybridized carbons (Fsp3) is 0.417. The molecule has 0 fully saturated rings. The molecule has 1 amide bonds. The molecule has 2 N–H and O–H groups in total. The summed E-state index contributed by atoms with van der Waals surface area (Å²) in [5.41, 5.74) is 6.88. The summed E-state index contributed by atoms with van der Waals surface area (Å²) in [4.78, 5) is 13.6. The van der Waals surface area contributed by atoms with E-state index in [0.717, 1.165) is 19.4 Å². The third-order valence-corrected chi connectivity index (χ3v) is 2.38. The number of para-hydroxylation sites is 1. The van der Waals surface area contributed by atoms with E-state index in [1.807, 2.05) is 19.2 Å². The van der Waals surface area contributed by atoms with E-state index in [4.69, 9.17) is 5.73 Å². The lowest BCUT2D eigenvalue weighted by Gasteiger charge is -2.17. The second-order valence-electron chi connectivity index (χ2n) is 3.67. The zero-order chi connectivity index (χ0) is 11.3. The van der Waals surface area contributed by atoms with Gasteiger partial charge in [0.1, 0.15) is 0 Å². The summed E-state index contributed by atoms with van der Waals surface area (Å²) in [7, 11) is 1.81. The van der Waals surface area contributed by atoms with E-state index in [1.165, 1.54) is 0 Å². The number of nitrogen functional groups attached to an aromatic ring is 1. The van der Waals surface area contributed by atoms with Crippen LogP contribution in [0.25, 0.3) is 0 Å². The van der Waals surface area contributed by atoms with E-state index in [1.54, 1.807) is 17.0 Å². The Balaban J connectivity index is 2.72. The van der Waals surface area contributed by atoms with Gasteiger partial charge in [0.2, 0.25) is 0 Å². The first-order valence-corrected chi connectivity index (χ1v) is 5.26. The Labute approximate surface area is 90.9 Å². The average Bonchev–Trinajstić information content (AvgIpc) is 2.25. The summed E-state index contributed by atoms with van der Waals surface area (Å²) in [5, 5.41) is 0. The third kappa shape index (κ3) is 2.98. The highest BCUT2D eigenvalue weighted by Gasteiger charge is 2.12. The van der Waals surface area contributed by atoms with Crippen molar-refractivity contribution in [1.82, 2.24) is 4.90 Å². The van der Waals surface area contributed by atoms with Gasteiger partial charge < -0.3 is 10.6 Å². The number of unbranched alkanes of at least 4 members (excludes halogenated alkanes) is 1. The predicted molar refractivity (Wildman–Crippen MR) is 62.7 cm³/mol. The molecule has 3 nitrogen and oxygen atoms in total. The summed E-state index contributed by atoms with van der Waals surface area (Å²) >= 11 is 0. The van der Waals surface area contributed by atoms with Crippen LogP contribution in [-0.4, -0.2) is 24.4 Å². The van der Waals surface area contributed by atoms with Gasteiger partial charge in [-0.15, -0.1) is 0 Å². The molecule has 0 aliphatic rings. The normalized spacial score (nSPS) is 10.0. The van der Waals surface area contributed by atoms with Gasteiger partial charge in [0.15, 0.2) is 0 Å². The second kappa shape index (κ2) is 5.39. The summed E-state index contributed by atoms with van der Waals surface area (Å²) in [6.07, 6.45) is 2.11. The molecule has 0 radical (unpaired) electrons. The third-order valence-electron chi connectivity index (χ3n) is 2.38. The molecule has 0 spiro atoms. The van der Waals surface area contributed by atoms with Crippen LogP contribution in [0.2, 0.25) is 0 Å². The largest absolute Gasteiger partial charge is 0.398 e. The maximum Gasteiger partial charge on any atom is 0.255 e. The average molecular weight is 206 g/mol. The Morgan fingerprint density at radius 2 is 2.07 bits per heavy atom. The van der Waals surface area contributed by atoms with Gasteiger partial charge >= 0.3 is 0 Å². The van der Waals surface area contributed by atoms with E-state index in [0.29, 0.717) is 11.3 Å². The summed E-state index contributed by atoms with van der Waals surface area (Å²) in [5.74, 6) is 0.00144. The number of amides is 1. The van der Waals surface area contributed by atoms with E-state index in [9.17, 15) is 4.79 Å². The predicted octanol–water partition coefficient (Wildman–Crippen LogP) is 2.14. The summed E-state index contributed by atoms with van der Waals surface area (Å²) in [6, 6.07) is 7.18. The lowest BCUT2D eigenvalue weighted by Crippen LogP contribution is -2.28. The number of benzene rings is 1. The number of hydrogen-bond acceptors (Lipinski definition) is 2. The maximum atomic E-state index is 11.9. The Morgan fingerprint density at radius 1 is 1.40 bits per heavy atom. The fourth-order valence-electron chi connectivity index (χ4n) is 1.39. The highest BCUT2D eigenvalue weighted by molar-refractivity contribution is 5.98. The van der Waals surface area contributed by atoms with E-state index >= 15 is 0 Å². The van der Waals surface area contributed by atoms with Gasteiger partial charge in [-0.1, -0.05) is 25.5 Å². The number of anilines is 1. The highest BCUT2D eigenvalue weighted by Crippen LogP contribution is 2.12. The first kappa shape index (κ1) is 11.6. The number of hydrogen-bond donors (Lipinski definition) is 1. The van der Waals surface area contributed by atoms with Crippen LogP contribution in [0, 0.1) is 0 Å². The van der Waals surface area contributed by atoms with Crippen LogP contribution >= 0.6 is 0 Å². The van der Waals surface area contributed by atoms with E-state index in [-0.39, 0.29) is 5.91 Å². The van der Waals surface area contributed by atoms with Crippen LogP contribution in [0.5, 0.6) is 0 Å². The molecule has 0 aliphatic carbocycles. The minimum Gasteiger partial charge on any atom is -0.398 e. The van der Waals surface area contributed by atoms with Crippen LogP contribution in [0.4, 0.5) is 5.69 Å². The van der Waals surface area contributed by atoms with Gasteiger partial charge in [0.25, 0.3) is 5.91 Å². The monoisotopic (exact) mass is 206 g/mol. The fourth-order valence-corrected chi connectivity index (χ4v) is 1.39. The van der Waals surface area contributed by atoms with Crippen LogP contribution in [0.3, 0.4) is 0 Å². The van der Waals surface area contributed by atoms with Crippen molar-refractivity contribution in [1.29, 1.82) is 0 Å². The van der Waals surface area contributed by atoms with Crippen molar-refractivity contribution in [2.45, 2.75) is 19.8 Å². The zero-order valence-corrected chi connectivity index (χ0v) is 9.36. The topological polar surface area (TPSA) is 46.3 Å². The van der Waals surface area contributed by atoms with Crippen LogP contribution in [0.1, 0.15) is 30.1 Å². The lowest BCUT2D eigenvalue weighted by molar-refractivity contribution is 0.0794. The van der Waals surface area contributed by atoms with Crippen molar-refractivity contribution in [3.05, 3.63) is 29.8 Å². The Kier molecular flexibility index (Phi) is 4.16. The van der Waals surface area contributed by atoms with Gasteiger partial charge in [0, 0.05) is 19.3 Å². The molecule has 0 saturated carbocycles. The van der Waals surface area contributed by atoms with Crippen molar-refractivity contribution in [3.8, 4) is 0 Å². The van der Waals surface area contributed by atoms with Gasteiger partial charge in [-0.25, -0.2) is 0 Å². The Morgan fingerprint density at radius 3 is 2.67 bits per heavy atom. The van der Waals surface area contributed by atoms with Crippen LogP contribution < -0.4 is 5.73 Å². The Hall–Kier alpha value is -1.51. The van der Waals surface area contributed by atoms with Crippen molar-refractivity contribution in [3.63, 3.8) is 0 Å². The van der Waals surface area contributed by atoms with Crippen molar-refractivity contribution in [2.75, 3.05) is 19.3 Å². The molecule has 1 aromatic rings. The Bertz CT molecular complexity index is 336. The molecule has 0 saturated heterocycles. The van der Waals surface area contributed by atoms with E-state index < -0.39 is 0 Å². The van der Waals surface area contributed by atoms with Gasteiger partial charge in [-0.3, -0.25) is 4.79 Å². The first-order valence-electron chi connectivity index (χ1n) is 5.26. The molecule has 0 heterocycles. The molecule has 0 aliphatic heterocycles. The van der Waals surface area contributed by atoms with Gasteiger partial charge in [-0.05, 0) is 18.6 Å². The smallest absolute Gasteiger partial charge is 0.255 e. The van der Waals surface area contributed by atoms with Crippen LogP contribution in [-0.2, 0) is 0 Å². The van der Waals surface area contributed by atoms with Crippen molar-refractivity contribution in [2.24, 2.45) is 0 Å². The van der Waals surface area contributed by atoms with Gasteiger partial charge in [-0.2, -0.15) is 0 Å².